The topological polar surface area (TPSA) is 62.7 Å². The van der Waals surface area contributed by atoms with Crippen LogP contribution in [0.5, 0.6) is 0 Å². The van der Waals surface area contributed by atoms with E-state index in [-0.39, 0.29) is 18.3 Å². The van der Waals surface area contributed by atoms with Gasteiger partial charge >= 0.3 is 5.97 Å². The Kier molecular flexibility index (Phi) is 6.95. The number of hydrogen-bond acceptors (Lipinski definition) is 6. The van der Waals surface area contributed by atoms with Gasteiger partial charge in [-0.15, -0.1) is 11.8 Å². The molecular weight excluding hydrogens is 386 g/mol. The van der Waals surface area contributed by atoms with Crippen LogP contribution in [0, 0.1) is 0 Å². The van der Waals surface area contributed by atoms with Crippen molar-refractivity contribution in [3.05, 3.63) is 53.7 Å². The van der Waals surface area contributed by atoms with Crippen molar-refractivity contribution in [2.75, 3.05) is 43.4 Å². The van der Waals surface area contributed by atoms with Crippen molar-refractivity contribution >= 4 is 41.1 Å². The van der Waals surface area contributed by atoms with Gasteiger partial charge in [0.05, 0.1) is 5.75 Å². The van der Waals surface area contributed by atoms with E-state index in [9.17, 15) is 9.59 Å². The highest BCUT2D eigenvalue weighted by molar-refractivity contribution is 8.00. The molecule has 6 nitrogen and oxygen atoms in total. The highest BCUT2D eigenvalue weighted by atomic mass is 35.5. The average Bonchev–Trinajstić information content (AvgIpc) is 2.72. The highest BCUT2D eigenvalue weighted by Crippen LogP contribution is 2.20. The standard InChI is InChI=1S/C19H20ClN3O3S/c20-15-4-6-16(7-5-15)27-14-19(25)26-13-18(24)23-11-9-22(10-12-23)17-3-1-2-8-21-17/h1-8H,9-14H2. The zero-order chi connectivity index (χ0) is 19.1. The van der Waals surface area contributed by atoms with Crippen molar-refractivity contribution in [1.29, 1.82) is 0 Å². The zero-order valence-electron chi connectivity index (χ0n) is 14.7. The van der Waals surface area contributed by atoms with Gasteiger partial charge in [0.25, 0.3) is 5.91 Å². The second-order valence-corrected chi connectivity index (χ2v) is 7.44. The minimum absolute atomic E-state index is 0.155. The largest absolute Gasteiger partial charge is 0.455 e. The predicted molar refractivity (Wildman–Crippen MR) is 106 cm³/mol. The monoisotopic (exact) mass is 405 g/mol. The average molecular weight is 406 g/mol. The van der Waals surface area contributed by atoms with E-state index < -0.39 is 5.97 Å². The molecular formula is C19H20ClN3O3S. The minimum atomic E-state index is -0.407. The summed E-state index contributed by atoms with van der Waals surface area (Å²) in [6.07, 6.45) is 1.76. The van der Waals surface area contributed by atoms with Gasteiger partial charge in [-0.2, -0.15) is 0 Å². The summed E-state index contributed by atoms with van der Waals surface area (Å²) in [5.74, 6) is 0.494. The van der Waals surface area contributed by atoms with Gasteiger partial charge in [0, 0.05) is 42.3 Å². The van der Waals surface area contributed by atoms with Crippen molar-refractivity contribution < 1.29 is 14.3 Å². The van der Waals surface area contributed by atoms with E-state index in [1.54, 1.807) is 23.2 Å². The first kappa shape index (κ1) is 19.5. The number of carbonyl (C=O) groups is 2. The zero-order valence-corrected chi connectivity index (χ0v) is 16.3. The molecule has 0 atom stereocenters. The number of aromatic nitrogens is 1. The summed E-state index contributed by atoms with van der Waals surface area (Å²) in [7, 11) is 0. The van der Waals surface area contributed by atoms with Gasteiger partial charge in [-0.1, -0.05) is 17.7 Å². The number of thioether (sulfide) groups is 1. The van der Waals surface area contributed by atoms with E-state index >= 15 is 0 Å². The lowest BCUT2D eigenvalue weighted by atomic mass is 10.3. The molecule has 1 fully saturated rings. The molecule has 27 heavy (non-hydrogen) atoms. The van der Waals surface area contributed by atoms with E-state index in [0.717, 1.165) is 10.7 Å². The summed E-state index contributed by atoms with van der Waals surface area (Å²) in [5.41, 5.74) is 0. The van der Waals surface area contributed by atoms with Crippen LogP contribution in [0.3, 0.4) is 0 Å². The first-order chi connectivity index (χ1) is 13.1. The molecule has 8 heteroatoms. The first-order valence-corrected chi connectivity index (χ1v) is 9.96. The van der Waals surface area contributed by atoms with Gasteiger partial charge in [-0.25, -0.2) is 4.98 Å². The van der Waals surface area contributed by atoms with Crippen molar-refractivity contribution in [2.24, 2.45) is 0 Å². The Hall–Kier alpha value is -2.25. The normalized spacial score (nSPS) is 14.1. The van der Waals surface area contributed by atoms with Crippen LogP contribution in [-0.4, -0.2) is 60.3 Å². The van der Waals surface area contributed by atoms with Gasteiger partial charge in [-0.3, -0.25) is 9.59 Å². The van der Waals surface area contributed by atoms with Crippen molar-refractivity contribution in [3.8, 4) is 0 Å². The number of esters is 1. The van der Waals surface area contributed by atoms with Crippen molar-refractivity contribution in [3.63, 3.8) is 0 Å². The van der Waals surface area contributed by atoms with Crippen LogP contribution in [-0.2, 0) is 14.3 Å². The van der Waals surface area contributed by atoms with E-state index in [0.29, 0.717) is 31.2 Å². The smallest absolute Gasteiger partial charge is 0.316 e. The highest BCUT2D eigenvalue weighted by Gasteiger charge is 2.22. The van der Waals surface area contributed by atoms with Crippen molar-refractivity contribution in [1.82, 2.24) is 9.88 Å². The summed E-state index contributed by atoms with van der Waals surface area (Å²) in [6.45, 7) is 2.38. The van der Waals surface area contributed by atoms with Gasteiger partial charge in [0.15, 0.2) is 6.61 Å². The lowest BCUT2D eigenvalue weighted by molar-refractivity contribution is -0.150. The SMILES string of the molecule is O=C(CSc1ccc(Cl)cc1)OCC(=O)N1CCN(c2ccccn2)CC1. The second-order valence-electron chi connectivity index (χ2n) is 5.96. The molecule has 0 aliphatic carbocycles. The van der Waals surface area contributed by atoms with Crippen LogP contribution < -0.4 is 4.90 Å². The molecule has 1 amide bonds. The lowest BCUT2D eigenvalue weighted by Gasteiger charge is -2.35. The molecule has 2 heterocycles. The van der Waals surface area contributed by atoms with Crippen LogP contribution in [0.15, 0.2) is 53.6 Å². The Bertz CT molecular complexity index is 766. The Morgan fingerprint density at radius 2 is 1.81 bits per heavy atom. The lowest BCUT2D eigenvalue weighted by Crippen LogP contribution is -2.50. The van der Waals surface area contributed by atoms with Gasteiger partial charge in [0.2, 0.25) is 0 Å². The Morgan fingerprint density at radius 3 is 2.48 bits per heavy atom. The Labute approximate surface area is 167 Å². The number of halogens is 1. The number of ether oxygens (including phenoxy) is 1. The molecule has 1 aliphatic rings. The van der Waals surface area contributed by atoms with Crippen LogP contribution in [0.4, 0.5) is 5.82 Å². The molecule has 0 radical (unpaired) electrons. The summed E-state index contributed by atoms with van der Waals surface area (Å²) in [4.78, 5) is 33.2. The van der Waals surface area contributed by atoms with Crippen LogP contribution in [0.1, 0.15) is 0 Å². The summed E-state index contributed by atoms with van der Waals surface area (Å²) >= 11 is 7.18. The Morgan fingerprint density at radius 1 is 1.07 bits per heavy atom. The predicted octanol–water partition coefficient (Wildman–Crippen LogP) is 2.72. The summed E-state index contributed by atoms with van der Waals surface area (Å²) in [5, 5.41) is 0.649. The van der Waals surface area contributed by atoms with E-state index in [1.807, 2.05) is 30.3 Å². The molecule has 0 spiro atoms. The molecule has 0 N–H and O–H groups in total. The number of anilines is 1. The van der Waals surface area contributed by atoms with Gasteiger partial charge in [0.1, 0.15) is 5.82 Å². The molecule has 2 aromatic rings. The molecule has 3 rings (SSSR count). The fourth-order valence-electron chi connectivity index (χ4n) is 2.67. The molecule has 1 aromatic carbocycles. The fraction of sp³-hybridized carbons (Fsp3) is 0.316. The van der Waals surface area contributed by atoms with Gasteiger partial charge < -0.3 is 14.5 Å². The Balaban J connectivity index is 1.37. The molecule has 1 aliphatic heterocycles. The summed E-state index contributed by atoms with van der Waals surface area (Å²) in [6, 6.07) is 13.0. The quantitative estimate of drug-likeness (QED) is 0.544. The fourth-order valence-corrected chi connectivity index (χ4v) is 3.50. The maximum Gasteiger partial charge on any atom is 0.316 e. The van der Waals surface area contributed by atoms with Crippen molar-refractivity contribution in [2.45, 2.75) is 4.90 Å². The van der Waals surface area contributed by atoms with E-state index in [2.05, 4.69) is 9.88 Å². The second kappa shape index (κ2) is 9.62. The number of nitrogens with zero attached hydrogens (tertiary/aromatic N) is 3. The maximum atomic E-state index is 12.3. The third-order valence-corrected chi connectivity index (χ3v) is 5.37. The summed E-state index contributed by atoms with van der Waals surface area (Å²) < 4.78 is 5.11. The van der Waals surface area contributed by atoms with Crippen LogP contribution in [0.2, 0.25) is 5.02 Å². The third kappa shape index (κ3) is 5.87. The molecule has 0 bridgehead atoms. The number of pyridine rings is 1. The molecule has 0 unspecified atom stereocenters. The van der Waals surface area contributed by atoms with E-state index in [1.165, 1.54) is 11.8 Å². The maximum absolute atomic E-state index is 12.3. The van der Waals surface area contributed by atoms with Crippen LogP contribution >= 0.6 is 23.4 Å². The number of benzene rings is 1. The molecule has 1 saturated heterocycles. The van der Waals surface area contributed by atoms with E-state index in [4.69, 9.17) is 16.3 Å². The molecule has 0 saturated carbocycles. The van der Waals surface area contributed by atoms with Gasteiger partial charge in [-0.05, 0) is 36.4 Å². The first-order valence-electron chi connectivity index (χ1n) is 8.59. The molecule has 142 valence electrons. The number of carbonyl (C=O) groups excluding carboxylic acids is 2. The minimum Gasteiger partial charge on any atom is -0.455 e. The third-order valence-electron chi connectivity index (χ3n) is 4.13. The number of amides is 1. The molecule has 1 aromatic heterocycles. The number of piperazine rings is 1. The number of hydrogen-bond donors (Lipinski definition) is 0. The number of rotatable bonds is 6. The van der Waals surface area contributed by atoms with Crippen LogP contribution in [0.25, 0.3) is 0 Å².